The number of amides is 1. The van der Waals surface area contributed by atoms with Gasteiger partial charge in [-0.1, -0.05) is 53.7 Å². The Labute approximate surface area is 197 Å². The summed E-state index contributed by atoms with van der Waals surface area (Å²) in [5, 5.41) is 23.8. The van der Waals surface area contributed by atoms with Crippen LogP contribution in [0.2, 0.25) is 0 Å². The average molecular weight is 456 g/mol. The first-order valence-corrected chi connectivity index (χ1v) is 11.1. The van der Waals surface area contributed by atoms with Gasteiger partial charge in [0.05, 0.1) is 14.2 Å². The maximum absolute atomic E-state index is 12.3. The van der Waals surface area contributed by atoms with E-state index < -0.39 is 0 Å². The standard InChI is InChI=1S/C27H37NO5/c1-26(2,3)19-13-18(14-20(24(19)30)27(4,5)6)11-12-28-23(29)10-9-17-15-21(32-7)25(31)22(16-17)33-8/h9-10,13-16,30-31H,11-12H2,1-8H3,(H,28,29). The molecule has 2 aromatic carbocycles. The summed E-state index contributed by atoms with van der Waals surface area (Å²) in [5.74, 6) is 0.578. The van der Waals surface area contributed by atoms with Gasteiger partial charge in [-0.15, -0.1) is 0 Å². The van der Waals surface area contributed by atoms with Gasteiger partial charge in [-0.05, 0) is 57.7 Å². The molecule has 0 aliphatic heterocycles. The number of ether oxygens (including phenoxy) is 2. The van der Waals surface area contributed by atoms with Crippen LogP contribution >= 0.6 is 0 Å². The number of phenolic OH excluding ortho intramolecular Hbond substituents is 2. The number of phenols is 2. The lowest BCUT2D eigenvalue weighted by Crippen LogP contribution is -2.24. The molecule has 6 heteroatoms. The lowest BCUT2D eigenvalue weighted by molar-refractivity contribution is -0.116. The highest BCUT2D eigenvalue weighted by Crippen LogP contribution is 2.40. The number of benzene rings is 2. The molecule has 3 N–H and O–H groups in total. The second kappa shape index (κ2) is 10.2. The van der Waals surface area contributed by atoms with Gasteiger partial charge in [0.25, 0.3) is 0 Å². The minimum absolute atomic E-state index is 0.0836. The smallest absolute Gasteiger partial charge is 0.244 e. The van der Waals surface area contributed by atoms with Crippen LogP contribution in [0.4, 0.5) is 0 Å². The zero-order valence-corrected chi connectivity index (χ0v) is 21.0. The molecular formula is C27H37NO5. The largest absolute Gasteiger partial charge is 0.507 e. The molecule has 0 heterocycles. The molecule has 0 aliphatic rings. The maximum atomic E-state index is 12.3. The number of carbonyl (C=O) groups is 1. The Morgan fingerprint density at radius 3 is 1.79 bits per heavy atom. The summed E-state index contributed by atoms with van der Waals surface area (Å²) in [6, 6.07) is 7.31. The Balaban J connectivity index is 2.12. The van der Waals surface area contributed by atoms with Crippen LogP contribution in [0.5, 0.6) is 23.0 Å². The van der Waals surface area contributed by atoms with E-state index in [4.69, 9.17) is 9.47 Å². The average Bonchev–Trinajstić information content (AvgIpc) is 2.72. The SMILES string of the molecule is COc1cc(C=CC(=O)NCCc2cc(C(C)(C)C)c(O)c(C(C)(C)C)c2)cc(OC)c1O. The fourth-order valence-electron chi connectivity index (χ4n) is 3.55. The monoisotopic (exact) mass is 455 g/mol. The normalized spacial score (nSPS) is 12.1. The second-order valence-electron chi connectivity index (χ2n) is 10.2. The summed E-state index contributed by atoms with van der Waals surface area (Å²) < 4.78 is 10.3. The number of carbonyl (C=O) groups excluding carboxylic acids is 1. The Morgan fingerprint density at radius 2 is 1.36 bits per heavy atom. The first-order valence-electron chi connectivity index (χ1n) is 11.1. The quantitative estimate of drug-likeness (QED) is 0.507. The van der Waals surface area contributed by atoms with E-state index in [1.807, 2.05) is 12.1 Å². The molecule has 0 aromatic heterocycles. The van der Waals surface area contributed by atoms with E-state index in [2.05, 4.69) is 46.9 Å². The Kier molecular flexibility index (Phi) is 8.06. The summed E-state index contributed by atoms with van der Waals surface area (Å²) in [6.45, 7) is 13.0. The van der Waals surface area contributed by atoms with Gasteiger partial charge in [0.1, 0.15) is 5.75 Å². The molecule has 0 atom stereocenters. The van der Waals surface area contributed by atoms with E-state index in [1.54, 1.807) is 18.2 Å². The van der Waals surface area contributed by atoms with Crippen molar-refractivity contribution >= 4 is 12.0 Å². The minimum Gasteiger partial charge on any atom is -0.507 e. The first kappa shape index (κ1) is 26.1. The highest BCUT2D eigenvalue weighted by atomic mass is 16.5. The topological polar surface area (TPSA) is 88.0 Å². The van der Waals surface area contributed by atoms with Gasteiger partial charge < -0.3 is 25.0 Å². The number of rotatable bonds is 7. The van der Waals surface area contributed by atoms with Gasteiger partial charge in [-0.3, -0.25) is 4.79 Å². The third-order valence-corrected chi connectivity index (χ3v) is 5.43. The zero-order chi connectivity index (χ0) is 25.0. The molecule has 0 fully saturated rings. The Morgan fingerprint density at radius 1 is 0.879 bits per heavy atom. The van der Waals surface area contributed by atoms with Crippen molar-refractivity contribution in [1.82, 2.24) is 5.32 Å². The molecule has 6 nitrogen and oxygen atoms in total. The first-order chi connectivity index (χ1) is 15.3. The molecule has 0 unspecified atom stereocenters. The molecule has 180 valence electrons. The van der Waals surface area contributed by atoms with Gasteiger partial charge >= 0.3 is 0 Å². The number of nitrogens with one attached hydrogen (secondary N) is 1. The van der Waals surface area contributed by atoms with Crippen molar-refractivity contribution in [3.8, 4) is 23.0 Å². The van der Waals surface area contributed by atoms with Gasteiger partial charge in [0, 0.05) is 12.6 Å². The molecule has 33 heavy (non-hydrogen) atoms. The molecule has 0 spiro atoms. The predicted octanol–water partition coefficient (Wildman–Crippen LogP) is 5.08. The van der Waals surface area contributed by atoms with E-state index >= 15 is 0 Å². The molecule has 0 radical (unpaired) electrons. The van der Waals surface area contributed by atoms with Crippen molar-refractivity contribution in [2.45, 2.75) is 58.8 Å². The summed E-state index contributed by atoms with van der Waals surface area (Å²) in [6.07, 6.45) is 3.71. The van der Waals surface area contributed by atoms with Crippen LogP contribution in [0.1, 0.15) is 63.8 Å². The molecular weight excluding hydrogens is 418 g/mol. The van der Waals surface area contributed by atoms with Crippen LogP contribution in [0.3, 0.4) is 0 Å². The molecule has 2 rings (SSSR count). The molecule has 2 aromatic rings. The molecule has 0 aliphatic carbocycles. The summed E-state index contributed by atoms with van der Waals surface area (Å²) >= 11 is 0. The maximum Gasteiger partial charge on any atom is 0.244 e. The van der Waals surface area contributed by atoms with Crippen LogP contribution in [0, 0.1) is 0 Å². The number of methoxy groups -OCH3 is 2. The minimum atomic E-state index is -0.230. The third kappa shape index (κ3) is 6.67. The van der Waals surface area contributed by atoms with Gasteiger partial charge in [-0.2, -0.15) is 0 Å². The van der Waals surface area contributed by atoms with Gasteiger partial charge in [0.2, 0.25) is 11.7 Å². The van der Waals surface area contributed by atoms with Crippen molar-refractivity contribution in [1.29, 1.82) is 0 Å². The third-order valence-electron chi connectivity index (χ3n) is 5.43. The number of hydrogen-bond acceptors (Lipinski definition) is 5. The number of hydrogen-bond donors (Lipinski definition) is 3. The lowest BCUT2D eigenvalue weighted by Gasteiger charge is -2.28. The zero-order valence-electron chi connectivity index (χ0n) is 21.0. The van der Waals surface area contributed by atoms with Crippen molar-refractivity contribution in [3.63, 3.8) is 0 Å². The predicted molar refractivity (Wildman–Crippen MR) is 132 cm³/mol. The van der Waals surface area contributed by atoms with E-state index in [0.29, 0.717) is 24.3 Å². The molecule has 0 saturated carbocycles. The van der Waals surface area contributed by atoms with Crippen LogP contribution in [-0.4, -0.2) is 36.9 Å². The van der Waals surface area contributed by atoms with Crippen LogP contribution in [0.15, 0.2) is 30.3 Å². The molecule has 0 bridgehead atoms. The lowest BCUT2D eigenvalue weighted by atomic mass is 9.78. The second-order valence-corrected chi connectivity index (χ2v) is 10.2. The van der Waals surface area contributed by atoms with Crippen LogP contribution in [-0.2, 0) is 22.0 Å². The van der Waals surface area contributed by atoms with E-state index in [-0.39, 0.29) is 34.0 Å². The van der Waals surface area contributed by atoms with E-state index in [1.165, 1.54) is 20.3 Å². The van der Waals surface area contributed by atoms with Gasteiger partial charge in [0.15, 0.2) is 11.5 Å². The highest BCUT2D eigenvalue weighted by molar-refractivity contribution is 5.91. The summed E-state index contributed by atoms with van der Waals surface area (Å²) in [7, 11) is 2.91. The fourth-order valence-corrected chi connectivity index (χ4v) is 3.55. The molecule has 1 amide bonds. The molecule has 0 saturated heterocycles. The number of aromatic hydroxyl groups is 2. The van der Waals surface area contributed by atoms with Crippen molar-refractivity contribution < 1.29 is 24.5 Å². The van der Waals surface area contributed by atoms with Crippen LogP contribution < -0.4 is 14.8 Å². The summed E-state index contributed by atoms with van der Waals surface area (Å²) in [4.78, 5) is 12.3. The van der Waals surface area contributed by atoms with E-state index in [9.17, 15) is 15.0 Å². The van der Waals surface area contributed by atoms with Gasteiger partial charge in [-0.25, -0.2) is 0 Å². The van der Waals surface area contributed by atoms with Crippen molar-refractivity contribution in [2.75, 3.05) is 20.8 Å². The fraction of sp³-hybridized carbons (Fsp3) is 0.444. The Bertz CT molecular complexity index is 966. The van der Waals surface area contributed by atoms with Crippen molar-refractivity contribution in [3.05, 3.63) is 52.6 Å². The highest BCUT2D eigenvalue weighted by Gasteiger charge is 2.26. The Hall–Kier alpha value is -3.15. The van der Waals surface area contributed by atoms with Crippen molar-refractivity contribution in [2.24, 2.45) is 0 Å². The van der Waals surface area contributed by atoms with Crippen LogP contribution in [0.25, 0.3) is 6.08 Å². The van der Waals surface area contributed by atoms with E-state index in [0.717, 1.165) is 16.7 Å². The summed E-state index contributed by atoms with van der Waals surface area (Å²) in [5.41, 5.74) is 3.16.